The summed E-state index contributed by atoms with van der Waals surface area (Å²) in [5, 5.41) is 20.3. The van der Waals surface area contributed by atoms with Crippen LogP contribution in [0, 0.1) is 11.3 Å². The summed E-state index contributed by atoms with van der Waals surface area (Å²) in [5.41, 5.74) is 0.751. The van der Waals surface area contributed by atoms with Gasteiger partial charge in [-0.2, -0.15) is 5.26 Å². The number of nitrogens with zero attached hydrogens (tertiary/aromatic N) is 1. The summed E-state index contributed by atoms with van der Waals surface area (Å²) in [6, 6.07) is 8.56. The molecule has 0 radical (unpaired) electrons. The van der Waals surface area contributed by atoms with Crippen LogP contribution < -0.4 is 5.32 Å². The molecule has 98 valence electrons. The van der Waals surface area contributed by atoms with Gasteiger partial charge in [-0.25, -0.2) is 4.79 Å². The molecule has 1 aliphatic heterocycles. The molecule has 0 spiro atoms. The molecule has 1 saturated heterocycles. The van der Waals surface area contributed by atoms with Crippen LogP contribution in [-0.4, -0.2) is 29.2 Å². The van der Waals surface area contributed by atoms with Gasteiger partial charge in [-0.3, -0.25) is 4.79 Å². The van der Waals surface area contributed by atoms with Crippen LogP contribution in [0.1, 0.15) is 18.4 Å². The maximum atomic E-state index is 11.9. The zero-order valence-electron chi connectivity index (χ0n) is 10.00. The van der Waals surface area contributed by atoms with Crippen molar-refractivity contribution in [2.24, 2.45) is 0 Å². The summed E-state index contributed by atoms with van der Waals surface area (Å²) < 4.78 is 5.14. The lowest BCUT2D eigenvalue weighted by Crippen LogP contribution is -2.30. The van der Waals surface area contributed by atoms with E-state index >= 15 is 0 Å². The molecule has 0 saturated carbocycles. The number of carboxylic acid groups (broad SMARTS) is 1. The average Bonchev–Trinajstić information content (AvgIpc) is 2.89. The summed E-state index contributed by atoms with van der Waals surface area (Å²) in [6.45, 7) is 0. The molecule has 19 heavy (non-hydrogen) atoms. The largest absolute Gasteiger partial charge is 0.479 e. The molecule has 2 rings (SSSR count). The number of para-hydroxylation sites is 1. The second-order valence-electron chi connectivity index (χ2n) is 4.18. The van der Waals surface area contributed by atoms with E-state index in [1.54, 1.807) is 24.3 Å². The van der Waals surface area contributed by atoms with Gasteiger partial charge in [0.2, 0.25) is 0 Å². The molecule has 1 heterocycles. The van der Waals surface area contributed by atoms with Crippen molar-refractivity contribution in [2.75, 3.05) is 5.32 Å². The number of nitriles is 1. The van der Waals surface area contributed by atoms with Crippen LogP contribution in [0.15, 0.2) is 24.3 Å². The molecule has 1 aliphatic rings. The van der Waals surface area contributed by atoms with E-state index in [2.05, 4.69) is 5.32 Å². The van der Waals surface area contributed by atoms with E-state index in [-0.39, 0.29) is 0 Å². The van der Waals surface area contributed by atoms with Crippen LogP contribution in [0.5, 0.6) is 0 Å². The van der Waals surface area contributed by atoms with Crippen molar-refractivity contribution < 1.29 is 19.4 Å². The number of carboxylic acids is 1. The molecule has 1 aromatic rings. The summed E-state index contributed by atoms with van der Waals surface area (Å²) in [6.07, 6.45) is -1.04. The highest BCUT2D eigenvalue weighted by Crippen LogP contribution is 2.22. The molecular formula is C13H12N2O4. The highest BCUT2D eigenvalue weighted by molar-refractivity contribution is 5.95. The number of anilines is 1. The summed E-state index contributed by atoms with van der Waals surface area (Å²) in [7, 11) is 0. The Kier molecular flexibility index (Phi) is 3.78. The molecule has 1 aromatic carbocycles. The molecule has 0 bridgehead atoms. The van der Waals surface area contributed by atoms with Gasteiger partial charge in [-0.05, 0) is 25.0 Å². The van der Waals surface area contributed by atoms with Gasteiger partial charge in [0.1, 0.15) is 12.2 Å². The number of carbonyl (C=O) groups excluding carboxylic acids is 1. The smallest absolute Gasteiger partial charge is 0.332 e. The van der Waals surface area contributed by atoms with Crippen LogP contribution in [0.2, 0.25) is 0 Å². The van der Waals surface area contributed by atoms with Gasteiger partial charge in [-0.1, -0.05) is 12.1 Å². The first-order valence-corrected chi connectivity index (χ1v) is 5.80. The fourth-order valence-electron chi connectivity index (χ4n) is 1.91. The molecule has 1 fully saturated rings. The van der Waals surface area contributed by atoms with Crippen LogP contribution in [0.3, 0.4) is 0 Å². The molecule has 2 unspecified atom stereocenters. The highest BCUT2D eigenvalue weighted by Gasteiger charge is 2.34. The number of hydrogen-bond acceptors (Lipinski definition) is 4. The maximum absolute atomic E-state index is 11.9. The SMILES string of the molecule is N#Cc1ccccc1NC(=O)C1CCC(C(=O)O)O1. The number of rotatable bonds is 3. The molecule has 6 nitrogen and oxygen atoms in total. The first kappa shape index (κ1) is 13.1. The molecule has 0 aromatic heterocycles. The second-order valence-corrected chi connectivity index (χ2v) is 4.18. The molecule has 2 N–H and O–H groups in total. The lowest BCUT2D eigenvalue weighted by Gasteiger charge is -2.12. The standard InChI is InChI=1S/C13H12N2O4/c14-7-8-3-1-2-4-9(8)15-12(16)10-5-6-11(19-10)13(17)18/h1-4,10-11H,5-6H2,(H,15,16)(H,17,18). The van der Waals surface area contributed by atoms with E-state index in [0.717, 1.165) is 0 Å². The van der Waals surface area contributed by atoms with Gasteiger partial charge in [0.25, 0.3) is 5.91 Å². The number of carbonyl (C=O) groups is 2. The van der Waals surface area contributed by atoms with E-state index in [9.17, 15) is 9.59 Å². The van der Waals surface area contributed by atoms with Gasteiger partial charge in [0.15, 0.2) is 6.10 Å². The second kappa shape index (κ2) is 5.50. The van der Waals surface area contributed by atoms with Crippen molar-refractivity contribution in [1.29, 1.82) is 5.26 Å². The normalized spacial score (nSPS) is 21.6. The predicted octanol–water partition coefficient (Wildman–Crippen LogP) is 1.13. The van der Waals surface area contributed by atoms with Gasteiger partial charge < -0.3 is 15.2 Å². The minimum Gasteiger partial charge on any atom is -0.479 e. The topological polar surface area (TPSA) is 99.4 Å². The van der Waals surface area contributed by atoms with Gasteiger partial charge in [0.05, 0.1) is 11.3 Å². The summed E-state index contributed by atoms with van der Waals surface area (Å²) >= 11 is 0. The summed E-state index contributed by atoms with van der Waals surface area (Å²) in [4.78, 5) is 22.6. The minimum atomic E-state index is -1.06. The Morgan fingerprint density at radius 2 is 2.00 bits per heavy atom. The zero-order chi connectivity index (χ0) is 13.8. The number of aliphatic carboxylic acids is 1. The third kappa shape index (κ3) is 2.89. The zero-order valence-corrected chi connectivity index (χ0v) is 10.00. The Hall–Kier alpha value is -2.39. The fourth-order valence-corrected chi connectivity index (χ4v) is 1.91. The van der Waals surface area contributed by atoms with Crippen LogP contribution in [-0.2, 0) is 14.3 Å². The Balaban J connectivity index is 2.03. The lowest BCUT2D eigenvalue weighted by molar-refractivity contribution is -0.150. The van der Waals surface area contributed by atoms with Crippen LogP contribution in [0.4, 0.5) is 5.69 Å². The molecular weight excluding hydrogens is 248 g/mol. The van der Waals surface area contributed by atoms with Gasteiger partial charge in [0, 0.05) is 0 Å². The van der Waals surface area contributed by atoms with Crippen molar-refractivity contribution >= 4 is 17.6 Å². The Morgan fingerprint density at radius 3 is 2.63 bits per heavy atom. The number of ether oxygens (including phenoxy) is 1. The lowest BCUT2D eigenvalue weighted by atomic mass is 10.1. The van der Waals surface area contributed by atoms with Crippen molar-refractivity contribution in [2.45, 2.75) is 25.0 Å². The maximum Gasteiger partial charge on any atom is 0.332 e. The molecule has 1 amide bonds. The number of hydrogen-bond donors (Lipinski definition) is 2. The fraction of sp³-hybridized carbons (Fsp3) is 0.308. The Morgan fingerprint density at radius 1 is 1.32 bits per heavy atom. The average molecular weight is 260 g/mol. The van der Waals surface area contributed by atoms with Crippen molar-refractivity contribution in [1.82, 2.24) is 0 Å². The van der Waals surface area contributed by atoms with E-state index < -0.39 is 24.1 Å². The monoisotopic (exact) mass is 260 g/mol. The molecule has 0 aliphatic carbocycles. The quantitative estimate of drug-likeness (QED) is 0.848. The minimum absolute atomic E-state index is 0.313. The van der Waals surface area contributed by atoms with E-state index in [4.69, 9.17) is 15.1 Å². The Bertz CT molecular complexity index is 550. The third-order valence-electron chi connectivity index (χ3n) is 2.89. The van der Waals surface area contributed by atoms with Crippen LogP contribution in [0.25, 0.3) is 0 Å². The van der Waals surface area contributed by atoms with Crippen LogP contribution >= 0.6 is 0 Å². The Labute approximate surface area is 109 Å². The van der Waals surface area contributed by atoms with Gasteiger partial charge in [-0.15, -0.1) is 0 Å². The highest BCUT2D eigenvalue weighted by atomic mass is 16.5. The predicted molar refractivity (Wildman–Crippen MR) is 65.3 cm³/mol. The van der Waals surface area contributed by atoms with Crippen molar-refractivity contribution in [3.8, 4) is 6.07 Å². The van der Waals surface area contributed by atoms with Crippen molar-refractivity contribution in [3.05, 3.63) is 29.8 Å². The van der Waals surface area contributed by atoms with E-state index in [1.807, 2.05) is 6.07 Å². The first-order valence-electron chi connectivity index (χ1n) is 5.80. The number of amides is 1. The number of nitrogens with one attached hydrogen (secondary N) is 1. The molecule has 2 atom stereocenters. The summed E-state index contributed by atoms with van der Waals surface area (Å²) in [5.74, 6) is -1.49. The molecule has 6 heteroatoms. The third-order valence-corrected chi connectivity index (χ3v) is 2.89. The van der Waals surface area contributed by atoms with Crippen molar-refractivity contribution in [3.63, 3.8) is 0 Å². The van der Waals surface area contributed by atoms with E-state index in [0.29, 0.717) is 24.1 Å². The van der Waals surface area contributed by atoms with E-state index in [1.165, 1.54) is 0 Å². The van der Waals surface area contributed by atoms with Gasteiger partial charge >= 0.3 is 5.97 Å². The number of benzene rings is 1. The first-order chi connectivity index (χ1) is 9.11.